The molecule has 5 nitrogen and oxygen atoms in total. The molecule has 1 aromatic heterocycles. The van der Waals surface area contributed by atoms with Gasteiger partial charge in [-0.15, -0.1) is 0 Å². The van der Waals surface area contributed by atoms with Gasteiger partial charge in [-0.1, -0.05) is 41.1 Å². The van der Waals surface area contributed by atoms with Gasteiger partial charge in [0.1, 0.15) is 0 Å². The second kappa shape index (κ2) is 9.52. The monoisotopic (exact) mass is 435 g/mol. The number of rotatable bonds is 8. The third kappa shape index (κ3) is 5.23. The summed E-state index contributed by atoms with van der Waals surface area (Å²) in [6.45, 7) is 2.99. The van der Waals surface area contributed by atoms with Crippen LogP contribution in [-0.2, 0) is 4.79 Å². The molecule has 0 N–H and O–H groups in total. The van der Waals surface area contributed by atoms with Crippen molar-refractivity contribution in [2.45, 2.75) is 13.3 Å². The third-order valence-electron chi connectivity index (χ3n) is 4.39. The van der Waals surface area contributed by atoms with Crippen molar-refractivity contribution < 1.29 is 13.9 Å². The van der Waals surface area contributed by atoms with Gasteiger partial charge in [0.05, 0.1) is 15.2 Å². The highest BCUT2D eigenvalue weighted by Crippen LogP contribution is 2.35. The van der Waals surface area contributed by atoms with E-state index < -0.39 is 5.82 Å². The van der Waals surface area contributed by atoms with Gasteiger partial charge in [0.2, 0.25) is 0 Å². The number of aryl methyl sites for hydroxylation is 1. The minimum absolute atomic E-state index is 0.0530. The van der Waals surface area contributed by atoms with Crippen LogP contribution in [0.25, 0.3) is 10.2 Å². The smallest absolute Gasteiger partial charge is 0.266 e. The van der Waals surface area contributed by atoms with Crippen LogP contribution in [-0.4, -0.2) is 49.6 Å². The molecule has 0 radical (unpaired) electrons. The molecule has 0 unspecified atom stereocenters. The number of hydrogen-bond acceptors (Lipinski definition) is 5. The standard InChI is InChI=1S/C21H23ClFN3O2S/c1-14-9-10-15(22)20-19(14)24-21(29-20)26(12-6-11-25(2)3)18(27)13-28-17-8-5-4-7-16(17)23/h4-5,7-10H,6,11-13H2,1-3H3. The average molecular weight is 436 g/mol. The van der Waals surface area contributed by atoms with Crippen molar-refractivity contribution in [3.63, 3.8) is 0 Å². The van der Waals surface area contributed by atoms with Gasteiger partial charge in [-0.3, -0.25) is 9.69 Å². The quantitative estimate of drug-likeness (QED) is 0.511. The van der Waals surface area contributed by atoms with Crippen molar-refractivity contribution in [2.75, 3.05) is 38.7 Å². The van der Waals surface area contributed by atoms with Gasteiger partial charge in [0.25, 0.3) is 5.91 Å². The molecule has 0 aliphatic heterocycles. The molecular weight excluding hydrogens is 413 g/mol. The topological polar surface area (TPSA) is 45.7 Å². The van der Waals surface area contributed by atoms with Gasteiger partial charge in [-0.05, 0) is 57.7 Å². The lowest BCUT2D eigenvalue weighted by Crippen LogP contribution is -2.37. The number of thiazole rings is 1. The first-order valence-electron chi connectivity index (χ1n) is 9.25. The molecule has 0 spiro atoms. The Labute approximate surface area is 178 Å². The van der Waals surface area contributed by atoms with E-state index in [9.17, 15) is 9.18 Å². The highest BCUT2D eigenvalue weighted by Gasteiger charge is 2.22. The summed E-state index contributed by atoms with van der Waals surface area (Å²) in [6, 6.07) is 9.78. The molecule has 0 saturated carbocycles. The van der Waals surface area contributed by atoms with Crippen LogP contribution in [0.3, 0.4) is 0 Å². The van der Waals surface area contributed by atoms with E-state index in [1.807, 2.05) is 33.2 Å². The van der Waals surface area contributed by atoms with Crippen LogP contribution in [0, 0.1) is 12.7 Å². The molecule has 0 aliphatic rings. The van der Waals surface area contributed by atoms with Gasteiger partial charge < -0.3 is 9.64 Å². The van der Waals surface area contributed by atoms with Crippen LogP contribution >= 0.6 is 22.9 Å². The molecule has 0 aliphatic carbocycles. The van der Waals surface area contributed by atoms with E-state index in [4.69, 9.17) is 16.3 Å². The predicted octanol–water partition coefficient (Wildman–Crippen LogP) is 4.76. The van der Waals surface area contributed by atoms with E-state index in [0.29, 0.717) is 16.7 Å². The second-order valence-electron chi connectivity index (χ2n) is 6.96. The fourth-order valence-corrected chi connectivity index (χ4v) is 4.22. The lowest BCUT2D eigenvalue weighted by atomic mass is 10.2. The zero-order valence-corrected chi connectivity index (χ0v) is 18.2. The molecule has 0 saturated heterocycles. The molecule has 0 bridgehead atoms. The Morgan fingerprint density at radius 2 is 1.97 bits per heavy atom. The summed E-state index contributed by atoms with van der Waals surface area (Å²) >= 11 is 7.70. The number of hydrogen-bond donors (Lipinski definition) is 0. The fraction of sp³-hybridized carbons (Fsp3) is 0.333. The number of halogens is 2. The largest absolute Gasteiger partial charge is 0.481 e. The summed E-state index contributed by atoms with van der Waals surface area (Å²) in [5, 5.41) is 1.18. The van der Waals surface area contributed by atoms with Crippen molar-refractivity contribution in [2.24, 2.45) is 0 Å². The van der Waals surface area contributed by atoms with Gasteiger partial charge in [-0.25, -0.2) is 9.37 Å². The Morgan fingerprint density at radius 3 is 2.66 bits per heavy atom. The number of para-hydroxylation sites is 1. The molecule has 0 atom stereocenters. The summed E-state index contributed by atoms with van der Waals surface area (Å²) < 4.78 is 20.1. The zero-order valence-electron chi connectivity index (χ0n) is 16.6. The maximum atomic E-state index is 13.8. The molecule has 3 aromatic rings. The minimum Gasteiger partial charge on any atom is -0.481 e. The fourth-order valence-electron chi connectivity index (χ4n) is 2.86. The molecule has 8 heteroatoms. The summed E-state index contributed by atoms with van der Waals surface area (Å²) in [5.41, 5.74) is 1.79. The number of aromatic nitrogens is 1. The maximum Gasteiger partial charge on any atom is 0.266 e. The van der Waals surface area contributed by atoms with E-state index in [-0.39, 0.29) is 18.3 Å². The number of carbonyl (C=O) groups excluding carboxylic acids is 1. The Kier molecular flexibility index (Phi) is 7.05. The van der Waals surface area contributed by atoms with Gasteiger partial charge in [-0.2, -0.15) is 0 Å². The van der Waals surface area contributed by atoms with Crippen LogP contribution in [0.1, 0.15) is 12.0 Å². The SMILES string of the molecule is Cc1ccc(Cl)c2sc(N(CCCN(C)C)C(=O)COc3ccccc3F)nc12. The van der Waals surface area contributed by atoms with Crippen LogP contribution in [0.4, 0.5) is 9.52 Å². The summed E-state index contributed by atoms with van der Waals surface area (Å²) in [7, 11) is 3.96. The van der Waals surface area contributed by atoms with Crippen molar-refractivity contribution in [1.82, 2.24) is 9.88 Å². The molecule has 154 valence electrons. The molecule has 2 aromatic carbocycles. The lowest BCUT2D eigenvalue weighted by Gasteiger charge is -2.21. The molecule has 1 amide bonds. The highest BCUT2D eigenvalue weighted by atomic mass is 35.5. The summed E-state index contributed by atoms with van der Waals surface area (Å²) in [4.78, 5) is 21.3. The van der Waals surface area contributed by atoms with Crippen molar-refractivity contribution in [3.8, 4) is 5.75 Å². The summed E-state index contributed by atoms with van der Waals surface area (Å²) in [5.74, 6) is -0.723. The van der Waals surface area contributed by atoms with Crippen LogP contribution in [0.5, 0.6) is 5.75 Å². The van der Waals surface area contributed by atoms with Gasteiger partial charge in [0, 0.05) is 6.54 Å². The van der Waals surface area contributed by atoms with Gasteiger partial charge >= 0.3 is 0 Å². The van der Waals surface area contributed by atoms with E-state index in [0.717, 1.165) is 28.7 Å². The molecule has 29 heavy (non-hydrogen) atoms. The number of benzene rings is 2. The maximum absolute atomic E-state index is 13.8. The van der Waals surface area contributed by atoms with E-state index in [1.165, 1.54) is 23.5 Å². The average Bonchev–Trinajstić information content (AvgIpc) is 3.13. The lowest BCUT2D eigenvalue weighted by molar-refractivity contribution is -0.120. The van der Waals surface area contributed by atoms with Gasteiger partial charge in [0.15, 0.2) is 23.3 Å². The molecule has 0 fully saturated rings. The van der Waals surface area contributed by atoms with Crippen molar-refractivity contribution >= 4 is 44.2 Å². The van der Waals surface area contributed by atoms with E-state index in [2.05, 4.69) is 9.88 Å². The first-order chi connectivity index (χ1) is 13.9. The van der Waals surface area contributed by atoms with E-state index >= 15 is 0 Å². The Bertz CT molecular complexity index is 970. The summed E-state index contributed by atoms with van der Waals surface area (Å²) in [6.07, 6.45) is 0.765. The van der Waals surface area contributed by atoms with Crippen molar-refractivity contribution in [3.05, 3.63) is 52.8 Å². The Balaban J connectivity index is 1.84. The highest BCUT2D eigenvalue weighted by molar-refractivity contribution is 7.23. The first kappa shape index (κ1) is 21.5. The number of anilines is 1. The Morgan fingerprint density at radius 1 is 1.21 bits per heavy atom. The van der Waals surface area contributed by atoms with E-state index in [1.54, 1.807) is 17.0 Å². The number of carbonyl (C=O) groups is 1. The normalized spacial score (nSPS) is 11.2. The number of ether oxygens (including phenoxy) is 1. The molecule has 1 heterocycles. The van der Waals surface area contributed by atoms with Crippen molar-refractivity contribution in [1.29, 1.82) is 0 Å². The molecular formula is C21H23ClFN3O2S. The van der Waals surface area contributed by atoms with Crippen LogP contribution in [0.15, 0.2) is 36.4 Å². The van der Waals surface area contributed by atoms with Crippen LogP contribution < -0.4 is 9.64 Å². The first-order valence-corrected chi connectivity index (χ1v) is 10.4. The Hall–Kier alpha value is -2.22. The van der Waals surface area contributed by atoms with Crippen LogP contribution in [0.2, 0.25) is 5.02 Å². The molecule has 3 rings (SSSR count). The second-order valence-corrected chi connectivity index (χ2v) is 8.34. The minimum atomic E-state index is -0.498. The third-order valence-corrected chi connectivity index (χ3v) is 5.93. The zero-order chi connectivity index (χ0) is 21.0. The number of nitrogens with zero attached hydrogens (tertiary/aromatic N) is 3. The number of fused-ring (bicyclic) bond motifs is 1. The number of amides is 1. The predicted molar refractivity (Wildman–Crippen MR) is 117 cm³/mol.